The molecule has 0 fully saturated rings. The van der Waals surface area contributed by atoms with Gasteiger partial charge in [0.2, 0.25) is 5.01 Å². The van der Waals surface area contributed by atoms with Crippen LogP contribution in [0.25, 0.3) is 0 Å². The number of Topliss-reactive ketones (excluding diaryl/α,β-unsaturated/α-hetero) is 1. The van der Waals surface area contributed by atoms with Crippen LogP contribution in [0.2, 0.25) is 0 Å². The topological polar surface area (TPSA) is 26.3 Å². The first-order chi connectivity index (χ1) is 8.51. The second kappa shape index (κ2) is 5.66. The largest absolute Gasteiger partial charge is 0.471 e. The van der Waals surface area contributed by atoms with Gasteiger partial charge in [0.25, 0.3) is 0 Å². The Kier molecular flexibility index (Phi) is 4.83. The van der Waals surface area contributed by atoms with Crippen LogP contribution in [0.3, 0.4) is 0 Å². The number of ether oxygens (including phenoxy) is 1. The summed E-state index contributed by atoms with van der Waals surface area (Å²) in [6.07, 6.45) is 0. The van der Waals surface area contributed by atoms with E-state index >= 15 is 0 Å². The first-order valence-electron chi connectivity index (χ1n) is 6.47. The zero-order chi connectivity index (χ0) is 14.8. The molecule has 0 N–H and O–H groups in total. The van der Waals surface area contributed by atoms with E-state index in [2.05, 4.69) is 36.7 Å². The van der Waals surface area contributed by atoms with Crippen LogP contribution in [0.1, 0.15) is 47.1 Å². The van der Waals surface area contributed by atoms with Gasteiger partial charge in [0.15, 0.2) is 5.78 Å². The van der Waals surface area contributed by atoms with Crippen LogP contribution >= 0.6 is 15.9 Å². The molecule has 106 valence electrons. The Morgan fingerprint density at radius 2 is 1.53 bits per heavy atom. The van der Waals surface area contributed by atoms with E-state index in [-0.39, 0.29) is 11.2 Å². The van der Waals surface area contributed by atoms with E-state index in [1.165, 1.54) is 5.56 Å². The summed E-state index contributed by atoms with van der Waals surface area (Å²) in [5.74, 6) is 0.736. The van der Waals surface area contributed by atoms with Gasteiger partial charge in [-0.25, -0.2) is 0 Å². The molecule has 19 heavy (non-hydrogen) atoms. The lowest BCUT2D eigenvalue weighted by atomic mass is 9.87. The van der Waals surface area contributed by atoms with Gasteiger partial charge >= 0.3 is 0 Å². The quantitative estimate of drug-likeness (QED) is 0.752. The fraction of sp³-hybridized carbons (Fsp3) is 0.562. The fourth-order valence-corrected chi connectivity index (χ4v) is 2.45. The molecule has 0 bridgehead atoms. The zero-order valence-corrected chi connectivity index (χ0v) is 14.2. The number of carbonyl (C=O) groups excluding carboxylic acids is 1. The average molecular weight is 327 g/mol. The summed E-state index contributed by atoms with van der Waals surface area (Å²) in [6.45, 7) is 12.2. The van der Waals surface area contributed by atoms with Crippen molar-refractivity contribution in [2.45, 2.75) is 52.0 Å². The van der Waals surface area contributed by atoms with Gasteiger partial charge in [-0.15, -0.1) is 0 Å². The molecule has 0 saturated carbocycles. The van der Waals surface area contributed by atoms with Crippen molar-refractivity contribution in [3.63, 3.8) is 0 Å². The first-order valence-corrected chi connectivity index (χ1v) is 7.39. The van der Waals surface area contributed by atoms with Crippen LogP contribution in [0.15, 0.2) is 24.3 Å². The van der Waals surface area contributed by atoms with E-state index in [1.54, 1.807) is 0 Å². The van der Waals surface area contributed by atoms with Crippen LogP contribution in [0.4, 0.5) is 0 Å². The Morgan fingerprint density at radius 3 is 1.89 bits per heavy atom. The molecule has 0 amide bonds. The summed E-state index contributed by atoms with van der Waals surface area (Å²) in [7, 11) is 0. The molecule has 0 spiro atoms. The van der Waals surface area contributed by atoms with Crippen molar-refractivity contribution < 1.29 is 9.53 Å². The maximum atomic E-state index is 12.0. The van der Waals surface area contributed by atoms with E-state index in [0.29, 0.717) is 5.75 Å². The van der Waals surface area contributed by atoms with Gasteiger partial charge in [-0.1, -0.05) is 53.7 Å². The number of ketones is 1. The molecule has 1 atom stereocenters. The summed E-state index contributed by atoms with van der Waals surface area (Å²) >= 11 is 3.30. The van der Waals surface area contributed by atoms with Gasteiger partial charge in [0.05, 0.1) is 0 Å². The van der Waals surface area contributed by atoms with Crippen molar-refractivity contribution in [3.8, 4) is 5.75 Å². The molecule has 0 aliphatic carbocycles. The summed E-state index contributed by atoms with van der Waals surface area (Å²) in [5.41, 5.74) is 0.945. The highest BCUT2D eigenvalue weighted by molar-refractivity contribution is 9.09. The number of halogens is 1. The summed E-state index contributed by atoms with van der Waals surface area (Å²) in [4.78, 5) is 12.0. The van der Waals surface area contributed by atoms with Crippen molar-refractivity contribution >= 4 is 21.7 Å². The summed E-state index contributed by atoms with van der Waals surface area (Å²) in [5, 5.41) is -0.604. The lowest BCUT2D eigenvalue weighted by Crippen LogP contribution is -2.32. The third-order valence-electron chi connectivity index (χ3n) is 2.91. The predicted molar refractivity (Wildman–Crippen MR) is 82.9 cm³/mol. The fourth-order valence-electron chi connectivity index (χ4n) is 1.55. The molecular formula is C16H23BrO2. The lowest BCUT2D eigenvalue weighted by Gasteiger charge is -2.22. The Hall–Kier alpha value is -0.830. The zero-order valence-electron chi connectivity index (χ0n) is 12.6. The van der Waals surface area contributed by atoms with E-state index in [9.17, 15) is 4.79 Å². The third kappa shape index (κ3) is 4.64. The Labute approximate surface area is 124 Å². The number of hydrogen-bond donors (Lipinski definition) is 0. The second-order valence-electron chi connectivity index (χ2n) is 6.82. The molecule has 1 aromatic carbocycles. The van der Waals surface area contributed by atoms with Gasteiger partial charge in [0.1, 0.15) is 5.75 Å². The Morgan fingerprint density at radius 1 is 1.05 bits per heavy atom. The van der Waals surface area contributed by atoms with Crippen molar-refractivity contribution in [3.05, 3.63) is 29.8 Å². The second-order valence-corrected chi connectivity index (χ2v) is 7.65. The Balaban J connectivity index is 2.77. The highest BCUT2D eigenvalue weighted by atomic mass is 79.9. The van der Waals surface area contributed by atoms with Gasteiger partial charge in [-0.05, 0) is 39.0 Å². The average Bonchev–Trinajstić information content (AvgIpc) is 2.26. The molecule has 1 rings (SSSR count). The maximum absolute atomic E-state index is 12.0. The van der Waals surface area contributed by atoms with Crippen molar-refractivity contribution in [2.24, 2.45) is 5.41 Å². The van der Waals surface area contributed by atoms with Gasteiger partial charge in [0, 0.05) is 5.41 Å². The standard InChI is InChI=1S/C16H23BrO2/c1-15(2,3)11-7-9-12(10-8-11)19-14(17)13(18)16(4,5)6/h7-10,14H,1-6H3. The number of hydrogen-bond acceptors (Lipinski definition) is 2. The van der Waals surface area contributed by atoms with Crippen LogP contribution in [-0.2, 0) is 10.2 Å². The SMILES string of the molecule is CC(C)(C)C(=O)C(Br)Oc1ccc(C(C)(C)C)cc1. The smallest absolute Gasteiger partial charge is 0.211 e. The number of carbonyl (C=O) groups is 1. The van der Waals surface area contributed by atoms with Gasteiger partial charge in [-0.3, -0.25) is 4.79 Å². The highest BCUT2D eigenvalue weighted by Crippen LogP contribution is 2.27. The number of benzene rings is 1. The van der Waals surface area contributed by atoms with E-state index < -0.39 is 10.4 Å². The summed E-state index contributed by atoms with van der Waals surface area (Å²) < 4.78 is 5.64. The minimum atomic E-state index is -0.604. The Bertz CT molecular complexity index is 435. The van der Waals surface area contributed by atoms with Crippen LogP contribution < -0.4 is 4.74 Å². The maximum Gasteiger partial charge on any atom is 0.211 e. The normalized spacial score (nSPS) is 14.1. The highest BCUT2D eigenvalue weighted by Gasteiger charge is 2.29. The molecule has 1 unspecified atom stereocenters. The third-order valence-corrected chi connectivity index (χ3v) is 3.51. The molecule has 2 nitrogen and oxygen atoms in total. The number of alkyl halides is 1. The van der Waals surface area contributed by atoms with Crippen LogP contribution in [0.5, 0.6) is 5.75 Å². The van der Waals surface area contributed by atoms with Gasteiger partial charge in [-0.2, -0.15) is 0 Å². The minimum absolute atomic E-state index is 0.0346. The molecule has 1 aromatic rings. The molecule has 0 aliphatic heterocycles. The van der Waals surface area contributed by atoms with Crippen molar-refractivity contribution in [1.82, 2.24) is 0 Å². The van der Waals surface area contributed by atoms with E-state index in [1.807, 2.05) is 45.0 Å². The van der Waals surface area contributed by atoms with Crippen molar-refractivity contribution in [1.29, 1.82) is 0 Å². The van der Waals surface area contributed by atoms with Crippen molar-refractivity contribution in [2.75, 3.05) is 0 Å². The minimum Gasteiger partial charge on any atom is -0.471 e. The lowest BCUT2D eigenvalue weighted by molar-refractivity contribution is -0.129. The molecule has 0 radical (unpaired) electrons. The molecular weight excluding hydrogens is 304 g/mol. The summed E-state index contributed by atoms with van der Waals surface area (Å²) in [6, 6.07) is 7.89. The molecule has 0 aliphatic rings. The van der Waals surface area contributed by atoms with E-state index in [0.717, 1.165) is 0 Å². The first kappa shape index (κ1) is 16.2. The molecule has 0 aromatic heterocycles. The number of rotatable bonds is 3. The van der Waals surface area contributed by atoms with E-state index in [4.69, 9.17) is 4.74 Å². The molecule has 0 heterocycles. The predicted octanol–water partition coefficient (Wildman–Crippen LogP) is 4.70. The molecule has 0 saturated heterocycles. The van der Waals surface area contributed by atoms with Crippen LogP contribution in [0, 0.1) is 5.41 Å². The molecule has 3 heteroatoms. The van der Waals surface area contributed by atoms with Gasteiger partial charge < -0.3 is 4.74 Å². The monoisotopic (exact) mass is 326 g/mol. The van der Waals surface area contributed by atoms with Crippen LogP contribution in [-0.4, -0.2) is 10.8 Å².